The molecule has 112 valence electrons. The maximum absolute atomic E-state index is 11.7. The zero-order valence-corrected chi connectivity index (χ0v) is 12.4. The molecule has 0 spiro atoms. The van der Waals surface area contributed by atoms with Crippen molar-refractivity contribution >= 4 is 22.4 Å². The highest BCUT2D eigenvalue weighted by atomic mass is 32.1. The molecule has 0 atom stereocenters. The van der Waals surface area contributed by atoms with Crippen LogP contribution in [0.2, 0.25) is 0 Å². The molecule has 7 nitrogen and oxygen atoms in total. The van der Waals surface area contributed by atoms with Gasteiger partial charge in [-0.2, -0.15) is 4.98 Å². The molecule has 0 radical (unpaired) electrons. The highest BCUT2D eigenvalue weighted by molar-refractivity contribution is 7.13. The fourth-order valence-corrected chi connectivity index (χ4v) is 2.39. The van der Waals surface area contributed by atoms with E-state index in [1.165, 1.54) is 11.3 Å². The van der Waals surface area contributed by atoms with Gasteiger partial charge in [-0.15, -0.1) is 11.3 Å². The van der Waals surface area contributed by atoms with Gasteiger partial charge in [0, 0.05) is 42.4 Å². The number of nitrogens with zero attached hydrogens (tertiary/aromatic N) is 4. The maximum atomic E-state index is 11.7. The van der Waals surface area contributed by atoms with Gasteiger partial charge in [-0.1, -0.05) is 5.16 Å². The van der Waals surface area contributed by atoms with Gasteiger partial charge < -0.3 is 9.84 Å². The normalized spacial score (nSPS) is 10.5. The van der Waals surface area contributed by atoms with Crippen LogP contribution in [-0.2, 0) is 11.2 Å². The summed E-state index contributed by atoms with van der Waals surface area (Å²) in [5.41, 5.74) is 0.853. The van der Waals surface area contributed by atoms with Crippen LogP contribution in [-0.4, -0.2) is 26.0 Å². The van der Waals surface area contributed by atoms with Gasteiger partial charge in [0.2, 0.25) is 17.6 Å². The Morgan fingerprint density at radius 3 is 2.91 bits per heavy atom. The third-order valence-electron chi connectivity index (χ3n) is 2.88. The Labute approximate surface area is 130 Å². The van der Waals surface area contributed by atoms with Crippen LogP contribution in [0.1, 0.15) is 18.7 Å². The van der Waals surface area contributed by atoms with Gasteiger partial charge in [0.15, 0.2) is 5.13 Å². The van der Waals surface area contributed by atoms with E-state index < -0.39 is 0 Å². The predicted molar refractivity (Wildman–Crippen MR) is 81.2 cm³/mol. The highest BCUT2D eigenvalue weighted by Crippen LogP contribution is 2.15. The number of thiazole rings is 1. The molecule has 0 saturated carbocycles. The van der Waals surface area contributed by atoms with Crippen LogP contribution < -0.4 is 5.32 Å². The van der Waals surface area contributed by atoms with Crippen molar-refractivity contribution in [2.24, 2.45) is 0 Å². The van der Waals surface area contributed by atoms with Crippen LogP contribution in [0.15, 0.2) is 40.6 Å². The second-order valence-electron chi connectivity index (χ2n) is 4.49. The average Bonchev–Trinajstić information content (AvgIpc) is 3.20. The molecule has 0 unspecified atom stereocenters. The van der Waals surface area contributed by atoms with E-state index in [-0.39, 0.29) is 5.91 Å². The first-order valence-electron chi connectivity index (χ1n) is 6.73. The van der Waals surface area contributed by atoms with Gasteiger partial charge in [-0.25, -0.2) is 4.98 Å². The van der Waals surface area contributed by atoms with Crippen molar-refractivity contribution in [2.45, 2.75) is 19.3 Å². The fourth-order valence-electron chi connectivity index (χ4n) is 1.84. The van der Waals surface area contributed by atoms with Crippen molar-refractivity contribution in [2.75, 3.05) is 5.32 Å². The van der Waals surface area contributed by atoms with Gasteiger partial charge in [-0.05, 0) is 18.6 Å². The minimum Gasteiger partial charge on any atom is -0.339 e. The Balaban J connectivity index is 1.48. The van der Waals surface area contributed by atoms with Crippen molar-refractivity contribution < 1.29 is 9.32 Å². The maximum Gasteiger partial charge on any atom is 0.226 e. The smallest absolute Gasteiger partial charge is 0.226 e. The Hall–Kier alpha value is -2.61. The molecule has 0 bridgehead atoms. The number of carbonyl (C=O) groups excluding carboxylic acids is 1. The summed E-state index contributed by atoms with van der Waals surface area (Å²) in [5, 5.41) is 9.08. The standard InChI is InChI=1S/C14H13N5O2S/c20-11(17-14-16-8-9-22-14)2-1-3-12-18-13(19-21-12)10-4-6-15-7-5-10/h4-9H,1-3H2,(H,16,17,20). The minimum absolute atomic E-state index is 0.0659. The lowest BCUT2D eigenvalue weighted by atomic mass is 10.2. The molecule has 0 aliphatic heterocycles. The van der Waals surface area contributed by atoms with Crippen LogP contribution in [0, 0.1) is 0 Å². The lowest BCUT2D eigenvalue weighted by Crippen LogP contribution is -2.11. The Morgan fingerprint density at radius 2 is 2.14 bits per heavy atom. The number of aromatic nitrogens is 4. The molecule has 0 aliphatic rings. The zero-order valence-electron chi connectivity index (χ0n) is 11.6. The number of rotatable bonds is 6. The molecular formula is C14H13N5O2S. The molecule has 1 amide bonds. The van der Waals surface area contributed by atoms with Gasteiger partial charge in [-0.3, -0.25) is 9.78 Å². The zero-order chi connectivity index (χ0) is 15.2. The van der Waals surface area contributed by atoms with Crippen LogP contribution in [0.25, 0.3) is 11.4 Å². The van der Waals surface area contributed by atoms with E-state index in [4.69, 9.17) is 4.52 Å². The molecule has 3 aromatic rings. The largest absolute Gasteiger partial charge is 0.339 e. The number of pyridine rings is 1. The summed E-state index contributed by atoms with van der Waals surface area (Å²) >= 11 is 1.39. The molecule has 1 N–H and O–H groups in total. The van der Waals surface area contributed by atoms with Crippen molar-refractivity contribution in [1.82, 2.24) is 20.1 Å². The van der Waals surface area contributed by atoms with Crippen LogP contribution in [0.5, 0.6) is 0 Å². The van der Waals surface area contributed by atoms with Crippen molar-refractivity contribution in [3.63, 3.8) is 0 Å². The molecular weight excluding hydrogens is 302 g/mol. The number of aryl methyl sites for hydroxylation is 1. The first-order chi connectivity index (χ1) is 10.8. The quantitative estimate of drug-likeness (QED) is 0.751. The Bertz CT molecular complexity index is 727. The fraction of sp³-hybridized carbons (Fsp3) is 0.214. The lowest BCUT2D eigenvalue weighted by molar-refractivity contribution is -0.116. The molecule has 3 heterocycles. The number of anilines is 1. The van der Waals surface area contributed by atoms with E-state index in [1.54, 1.807) is 18.6 Å². The second kappa shape index (κ2) is 6.90. The summed E-state index contributed by atoms with van der Waals surface area (Å²) in [6.07, 6.45) is 6.58. The first-order valence-corrected chi connectivity index (χ1v) is 7.61. The highest BCUT2D eigenvalue weighted by Gasteiger charge is 2.10. The Kier molecular flexibility index (Phi) is 4.50. The van der Waals surface area contributed by atoms with E-state index >= 15 is 0 Å². The van der Waals surface area contributed by atoms with Crippen LogP contribution in [0.3, 0.4) is 0 Å². The van der Waals surface area contributed by atoms with Crippen LogP contribution >= 0.6 is 11.3 Å². The minimum atomic E-state index is -0.0659. The number of amides is 1. The number of nitrogens with one attached hydrogen (secondary N) is 1. The van der Waals surface area contributed by atoms with Gasteiger partial charge in [0.05, 0.1) is 0 Å². The molecule has 0 fully saturated rings. The molecule has 3 rings (SSSR count). The first kappa shape index (κ1) is 14.3. The average molecular weight is 315 g/mol. The summed E-state index contributed by atoms with van der Waals surface area (Å²) in [4.78, 5) is 24.0. The lowest BCUT2D eigenvalue weighted by Gasteiger charge is -1.99. The molecule has 0 aromatic carbocycles. The number of carbonyl (C=O) groups is 1. The van der Waals surface area contributed by atoms with Gasteiger partial charge >= 0.3 is 0 Å². The van der Waals surface area contributed by atoms with E-state index in [0.29, 0.717) is 36.1 Å². The third kappa shape index (κ3) is 3.73. The van der Waals surface area contributed by atoms with Gasteiger partial charge in [0.25, 0.3) is 0 Å². The molecule has 0 saturated heterocycles. The summed E-state index contributed by atoms with van der Waals surface area (Å²) < 4.78 is 5.18. The topological polar surface area (TPSA) is 93.8 Å². The summed E-state index contributed by atoms with van der Waals surface area (Å²) in [5.74, 6) is 0.988. The van der Waals surface area contributed by atoms with E-state index in [0.717, 1.165) is 5.56 Å². The molecule has 22 heavy (non-hydrogen) atoms. The number of hydrogen-bond acceptors (Lipinski definition) is 7. The van der Waals surface area contributed by atoms with E-state index in [2.05, 4.69) is 25.4 Å². The van der Waals surface area contributed by atoms with Crippen molar-refractivity contribution in [1.29, 1.82) is 0 Å². The SMILES string of the molecule is O=C(CCCc1nc(-c2ccncc2)no1)Nc1nccs1. The van der Waals surface area contributed by atoms with Crippen molar-refractivity contribution in [3.05, 3.63) is 42.0 Å². The van der Waals surface area contributed by atoms with Crippen LogP contribution in [0.4, 0.5) is 5.13 Å². The summed E-state index contributed by atoms with van der Waals surface area (Å²) in [7, 11) is 0. The third-order valence-corrected chi connectivity index (χ3v) is 3.57. The number of hydrogen-bond donors (Lipinski definition) is 1. The molecule has 3 aromatic heterocycles. The Morgan fingerprint density at radius 1 is 1.27 bits per heavy atom. The van der Waals surface area contributed by atoms with Gasteiger partial charge in [0.1, 0.15) is 0 Å². The summed E-state index contributed by atoms with van der Waals surface area (Å²) in [6, 6.07) is 3.63. The summed E-state index contributed by atoms with van der Waals surface area (Å²) in [6.45, 7) is 0. The predicted octanol–water partition coefficient (Wildman–Crippen LogP) is 2.55. The second-order valence-corrected chi connectivity index (χ2v) is 5.38. The molecule has 0 aliphatic carbocycles. The monoisotopic (exact) mass is 315 g/mol. The van der Waals surface area contributed by atoms with Crippen molar-refractivity contribution in [3.8, 4) is 11.4 Å². The molecule has 8 heteroatoms. The van der Waals surface area contributed by atoms with E-state index in [1.807, 2.05) is 17.5 Å². The van der Waals surface area contributed by atoms with E-state index in [9.17, 15) is 4.79 Å².